The van der Waals surface area contributed by atoms with Crippen LogP contribution >= 0.6 is 0 Å². The van der Waals surface area contributed by atoms with Crippen molar-refractivity contribution in [2.75, 3.05) is 6.61 Å². The zero-order valence-electron chi connectivity index (χ0n) is 4.85. The monoisotopic (exact) mass is 156 g/mol. The van der Waals surface area contributed by atoms with E-state index in [1.54, 1.807) is 0 Å². The van der Waals surface area contributed by atoms with Gasteiger partial charge in [0.1, 0.15) is 0 Å². The molecule has 1 N–H and O–H groups in total. The maximum Gasteiger partial charge on any atom is 1.00 e. The summed E-state index contributed by atoms with van der Waals surface area (Å²) < 4.78 is 0. The molecule has 0 spiro atoms. The Bertz CT molecular complexity index is 50.5. The Balaban J connectivity index is -0.0000000267. The number of carbonyl (C=O) groups is 1. The SMILES string of the molecule is O=C([O-])CO.[Cl-].[Na+].[Na+]. The Morgan fingerprint density at radius 1 is 1.50 bits per heavy atom. The van der Waals surface area contributed by atoms with E-state index in [1.165, 1.54) is 0 Å². The van der Waals surface area contributed by atoms with Gasteiger partial charge in [-0.05, 0) is 0 Å². The molecule has 0 atom stereocenters. The summed E-state index contributed by atoms with van der Waals surface area (Å²) >= 11 is 0. The summed E-state index contributed by atoms with van der Waals surface area (Å²) in [6.07, 6.45) is 0. The van der Waals surface area contributed by atoms with Gasteiger partial charge in [-0.3, -0.25) is 0 Å². The number of aliphatic hydroxyl groups excluding tert-OH is 1. The molecule has 0 amide bonds. The molecule has 0 radical (unpaired) electrons. The summed E-state index contributed by atoms with van der Waals surface area (Å²) in [5, 5.41) is 16.5. The van der Waals surface area contributed by atoms with Crippen molar-refractivity contribution < 1.29 is 86.5 Å². The van der Waals surface area contributed by atoms with Crippen LogP contribution in [0.3, 0.4) is 0 Å². The van der Waals surface area contributed by atoms with Crippen LogP contribution in [0, 0.1) is 0 Å². The van der Waals surface area contributed by atoms with Crippen molar-refractivity contribution in [1.82, 2.24) is 0 Å². The van der Waals surface area contributed by atoms with Crippen molar-refractivity contribution in [3.63, 3.8) is 0 Å². The van der Waals surface area contributed by atoms with Gasteiger partial charge in [-0.1, -0.05) is 0 Å². The summed E-state index contributed by atoms with van der Waals surface area (Å²) in [4.78, 5) is 9.01. The number of aliphatic carboxylic acids is 1. The molecule has 0 heterocycles. The second kappa shape index (κ2) is 15.9. The van der Waals surface area contributed by atoms with Gasteiger partial charge >= 0.3 is 59.1 Å². The Hall–Kier alpha value is 1.72. The van der Waals surface area contributed by atoms with Crippen LogP contribution < -0.4 is 76.6 Å². The van der Waals surface area contributed by atoms with Gasteiger partial charge in [0.15, 0.2) is 0 Å². The minimum atomic E-state index is -1.44. The fourth-order valence-corrected chi connectivity index (χ4v) is 0. The third-order valence-corrected chi connectivity index (χ3v) is 0.129. The molecule has 38 valence electrons. The molecule has 0 saturated heterocycles. The molecule has 0 aliphatic carbocycles. The summed E-state index contributed by atoms with van der Waals surface area (Å²) in [6, 6.07) is 0. The Morgan fingerprint density at radius 3 is 1.62 bits per heavy atom. The van der Waals surface area contributed by atoms with Gasteiger partial charge < -0.3 is 27.4 Å². The molecule has 0 aliphatic rings. The van der Waals surface area contributed by atoms with Crippen LogP contribution in [0.15, 0.2) is 0 Å². The number of carboxylic acid groups (broad SMARTS) is 1. The van der Waals surface area contributed by atoms with Gasteiger partial charge in [0.2, 0.25) is 0 Å². The van der Waals surface area contributed by atoms with Gasteiger partial charge in [0.25, 0.3) is 0 Å². The second-order valence-corrected chi connectivity index (χ2v) is 0.530. The van der Waals surface area contributed by atoms with Gasteiger partial charge in [0.05, 0.1) is 12.6 Å². The minimum absolute atomic E-state index is 0. The van der Waals surface area contributed by atoms with E-state index in [9.17, 15) is 0 Å². The molecule has 0 aliphatic heterocycles. The van der Waals surface area contributed by atoms with E-state index in [4.69, 9.17) is 15.0 Å². The van der Waals surface area contributed by atoms with Crippen LogP contribution in [-0.4, -0.2) is 17.7 Å². The van der Waals surface area contributed by atoms with E-state index < -0.39 is 12.6 Å². The van der Waals surface area contributed by atoms with E-state index in [2.05, 4.69) is 0 Å². The minimum Gasteiger partial charge on any atom is -1.00 e. The third-order valence-electron chi connectivity index (χ3n) is 0.129. The molecule has 0 saturated carbocycles. The summed E-state index contributed by atoms with van der Waals surface area (Å²) in [5.74, 6) is -1.44. The first kappa shape index (κ1) is 22.6. The van der Waals surface area contributed by atoms with Crippen LogP contribution in [0.25, 0.3) is 0 Å². The number of hydrogen-bond donors (Lipinski definition) is 1. The molecule has 0 aromatic carbocycles. The summed E-state index contributed by atoms with van der Waals surface area (Å²) in [5.41, 5.74) is 0. The second-order valence-electron chi connectivity index (χ2n) is 0.530. The maximum absolute atomic E-state index is 9.01. The van der Waals surface area contributed by atoms with Crippen LogP contribution in [-0.2, 0) is 4.79 Å². The van der Waals surface area contributed by atoms with E-state index in [0.717, 1.165) is 0 Å². The van der Waals surface area contributed by atoms with E-state index >= 15 is 0 Å². The zero-order chi connectivity index (χ0) is 4.28. The molecule has 0 unspecified atom stereocenters. The number of aliphatic hydroxyl groups is 1. The third kappa shape index (κ3) is 25.2. The fraction of sp³-hybridized carbons (Fsp3) is 0.500. The normalized spacial score (nSPS) is 4.62. The molecule has 0 fully saturated rings. The molecule has 0 aromatic rings. The topological polar surface area (TPSA) is 60.4 Å². The fourth-order valence-electron chi connectivity index (χ4n) is 0. The van der Waals surface area contributed by atoms with E-state index in [-0.39, 0.29) is 71.5 Å². The van der Waals surface area contributed by atoms with Crippen molar-refractivity contribution in [2.45, 2.75) is 0 Å². The maximum atomic E-state index is 9.01. The van der Waals surface area contributed by atoms with Crippen LogP contribution in [0.2, 0.25) is 0 Å². The molecule has 0 bridgehead atoms. The van der Waals surface area contributed by atoms with Gasteiger partial charge in [-0.2, -0.15) is 0 Å². The predicted octanol–water partition coefficient (Wildman–Crippen LogP) is -11.3. The Kier molecular flexibility index (Phi) is 44.9. The quantitative estimate of drug-likeness (QED) is 0.384. The van der Waals surface area contributed by atoms with Crippen molar-refractivity contribution in [3.05, 3.63) is 0 Å². The van der Waals surface area contributed by atoms with Gasteiger partial charge in [0, 0.05) is 0 Å². The molecule has 8 heavy (non-hydrogen) atoms. The average Bonchev–Trinajstić information content (AvgIpc) is 1.38. The van der Waals surface area contributed by atoms with E-state index in [1.807, 2.05) is 0 Å². The number of carboxylic acids is 1. The van der Waals surface area contributed by atoms with Crippen LogP contribution in [0.4, 0.5) is 0 Å². The number of halogens is 1. The Labute approximate surface area is 97.8 Å². The summed E-state index contributed by atoms with van der Waals surface area (Å²) in [6.45, 7) is -0.889. The largest absolute Gasteiger partial charge is 1.00 e. The molecular formula is C2H3ClNa2O3. The first-order chi connectivity index (χ1) is 2.27. The van der Waals surface area contributed by atoms with Crippen molar-refractivity contribution >= 4 is 5.97 Å². The van der Waals surface area contributed by atoms with Crippen LogP contribution in [0.5, 0.6) is 0 Å². The molecule has 0 aromatic heterocycles. The standard InChI is InChI=1S/C2H4O3.ClH.2Na/c3-1-2(4)5;;;/h3H,1H2,(H,4,5);1H;;/q;;2*+1/p-2. The molecule has 0 rings (SSSR count). The Morgan fingerprint density at radius 2 is 1.62 bits per heavy atom. The predicted molar refractivity (Wildman–Crippen MR) is 12.1 cm³/mol. The molecular weight excluding hydrogens is 153 g/mol. The smallest absolute Gasteiger partial charge is 1.00 e. The van der Waals surface area contributed by atoms with Gasteiger partial charge in [-0.15, -0.1) is 0 Å². The van der Waals surface area contributed by atoms with Crippen molar-refractivity contribution in [3.8, 4) is 0 Å². The van der Waals surface area contributed by atoms with Crippen molar-refractivity contribution in [1.29, 1.82) is 0 Å². The van der Waals surface area contributed by atoms with Crippen LogP contribution in [0.1, 0.15) is 0 Å². The number of rotatable bonds is 1. The first-order valence-corrected chi connectivity index (χ1v) is 1.08. The average molecular weight is 156 g/mol. The number of carbonyl (C=O) groups excluding carboxylic acids is 1. The first-order valence-electron chi connectivity index (χ1n) is 1.08. The summed E-state index contributed by atoms with van der Waals surface area (Å²) in [7, 11) is 0. The van der Waals surface area contributed by atoms with E-state index in [0.29, 0.717) is 0 Å². The van der Waals surface area contributed by atoms with Gasteiger partial charge in [-0.25, -0.2) is 0 Å². The molecule has 3 nitrogen and oxygen atoms in total. The zero-order valence-corrected chi connectivity index (χ0v) is 9.60. The molecule has 6 heteroatoms. The number of hydrogen-bond acceptors (Lipinski definition) is 3. The van der Waals surface area contributed by atoms with Crippen molar-refractivity contribution in [2.24, 2.45) is 0 Å².